The van der Waals surface area contributed by atoms with E-state index < -0.39 is 11.9 Å². The first-order valence-electron chi connectivity index (χ1n) is 6.18. The molecule has 1 atom stereocenters. The van der Waals surface area contributed by atoms with Crippen molar-refractivity contribution in [3.8, 4) is 5.75 Å². The number of halogens is 2. The zero-order valence-electron chi connectivity index (χ0n) is 11.5. The largest absolute Gasteiger partial charge is 0.487 e. The fraction of sp³-hybridized carbons (Fsp3) is 0.357. The third-order valence-electron chi connectivity index (χ3n) is 3.06. The van der Waals surface area contributed by atoms with E-state index in [0.717, 1.165) is 11.4 Å². The molecule has 0 amide bonds. The minimum atomic E-state index is -0.849. The number of benzene rings is 1. The lowest BCUT2D eigenvalue weighted by Gasteiger charge is -2.10. The number of aliphatic hydroxyl groups excluding tert-OH is 1. The van der Waals surface area contributed by atoms with E-state index in [4.69, 9.17) is 16.3 Å². The van der Waals surface area contributed by atoms with Crippen LogP contribution in [0.4, 0.5) is 4.39 Å². The van der Waals surface area contributed by atoms with Crippen LogP contribution in [0.25, 0.3) is 0 Å². The Balaban J connectivity index is 2.13. The molecule has 0 bridgehead atoms. The summed E-state index contributed by atoms with van der Waals surface area (Å²) in [4.78, 5) is 0. The summed E-state index contributed by atoms with van der Waals surface area (Å²) in [6.45, 7) is 3.52. The van der Waals surface area contributed by atoms with Gasteiger partial charge in [-0.25, -0.2) is 4.39 Å². The second-order valence-corrected chi connectivity index (χ2v) is 5.00. The number of aryl methyl sites for hydroxylation is 2. The lowest BCUT2D eigenvalue weighted by atomic mass is 10.1. The molecule has 1 N–H and O–H groups in total. The molecule has 1 heterocycles. The zero-order valence-corrected chi connectivity index (χ0v) is 12.3. The molecule has 0 fully saturated rings. The molecule has 0 aliphatic carbocycles. The number of ether oxygens (including phenoxy) is 1. The van der Waals surface area contributed by atoms with Gasteiger partial charge in [0.1, 0.15) is 18.2 Å². The van der Waals surface area contributed by atoms with Gasteiger partial charge in [0.25, 0.3) is 0 Å². The Morgan fingerprint density at radius 1 is 1.50 bits per heavy atom. The molecule has 0 unspecified atom stereocenters. The molecular formula is C14H16ClFN2O2. The van der Waals surface area contributed by atoms with Gasteiger partial charge in [-0.2, -0.15) is 5.10 Å². The minimum Gasteiger partial charge on any atom is -0.487 e. The molecule has 0 aliphatic rings. The van der Waals surface area contributed by atoms with E-state index >= 15 is 0 Å². The number of hydrogen-bond donors (Lipinski definition) is 1. The van der Waals surface area contributed by atoms with Gasteiger partial charge in [0.05, 0.1) is 22.5 Å². The topological polar surface area (TPSA) is 47.3 Å². The van der Waals surface area contributed by atoms with E-state index in [9.17, 15) is 9.50 Å². The SMILES string of the molecule is Cc1nn(C)c(COc2ccc([C@@H](C)O)c(F)c2)c1Cl. The highest BCUT2D eigenvalue weighted by Crippen LogP contribution is 2.24. The van der Waals surface area contributed by atoms with Crippen LogP contribution in [0.5, 0.6) is 5.75 Å². The number of aliphatic hydroxyl groups is 1. The van der Waals surface area contributed by atoms with Gasteiger partial charge >= 0.3 is 0 Å². The van der Waals surface area contributed by atoms with Crippen LogP contribution in [0.3, 0.4) is 0 Å². The van der Waals surface area contributed by atoms with Crippen molar-refractivity contribution in [2.24, 2.45) is 7.05 Å². The first kappa shape index (κ1) is 14.8. The number of hydrogen-bond acceptors (Lipinski definition) is 3. The Hall–Kier alpha value is -1.59. The molecule has 0 spiro atoms. The molecule has 6 heteroatoms. The predicted octanol–water partition coefficient (Wildman–Crippen LogP) is 3.15. The number of rotatable bonds is 4. The van der Waals surface area contributed by atoms with Crippen molar-refractivity contribution in [3.05, 3.63) is 46.0 Å². The third kappa shape index (κ3) is 2.94. The molecular weight excluding hydrogens is 283 g/mol. The van der Waals surface area contributed by atoms with Gasteiger partial charge in [-0.1, -0.05) is 11.6 Å². The van der Waals surface area contributed by atoms with Crippen LogP contribution in [0.2, 0.25) is 5.02 Å². The summed E-state index contributed by atoms with van der Waals surface area (Å²) in [7, 11) is 1.77. The van der Waals surface area contributed by atoms with E-state index in [1.807, 2.05) is 6.92 Å². The first-order chi connectivity index (χ1) is 9.40. The van der Waals surface area contributed by atoms with Crippen molar-refractivity contribution in [2.45, 2.75) is 26.6 Å². The third-order valence-corrected chi connectivity index (χ3v) is 3.55. The minimum absolute atomic E-state index is 0.198. The zero-order chi connectivity index (χ0) is 14.9. The summed E-state index contributed by atoms with van der Waals surface area (Å²) < 4.78 is 20.9. The molecule has 0 saturated carbocycles. The Morgan fingerprint density at radius 3 is 2.70 bits per heavy atom. The van der Waals surface area contributed by atoms with Crippen molar-refractivity contribution < 1.29 is 14.2 Å². The standard InChI is InChI=1S/C14H16ClFN2O2/c1-8-14(15)13(18(3)17-8)7-20-10-4-5-11(9(2)19)12(16)6-10/h4-6,9,19H,7H2,1-3H3/t9-/m1/s1. The summed E-state index contributed by atoms with van der Waals surface area (Å²) in [6, 6.07) is 4.37. The molecule has 2 rings (SSSR count). The highest BCUT2D eigenvalue weighted by atomic mass is 35.5. The molecule has 1 aromatic carbocycles. The molecule has 1 aromatic heterocycles. The van der Waals surface area contributed by atoms with E-state index in [2.05, 4.69) is 5.10 Å². The Bertz CT molecular complexity index is 626. The van der Waals surface area contributed by atoms with Crippen LogP contribution in [0, 0.1) is 12.7 Å². The predicted molar refractivity (Wildman–Crippen MR) is 74.3 cm³/mol. The lowest BCUT2D eigenvalue weighted by molar-refractivity contribution is 0.193. The molecule has 0 aliphatic heterocycles. The smallest absolute Gasteiger partial charge is 0.132 e. The van der Waals surface area contributed by atoms with Crippen LogP contribution < -0.4 is 4.74 Å². The highest BCUT2D eigenvalue weighted by Gasteiger charge is 2.13. The maximum Gasteiger partial charge on any atom is 0.132 e. The van der Waals surface area contributed by atoms with Crippen LogP contribution >= 0.6 is 11.6 Å². The maximum atomic E-state index is 13.7. The van der Waals surface area contributed by atoms with E-state index in [1.165, 1.54) is 19.1 Å². The highest BCUT2D eigenvalue weighted by molar-refractivity contribution is 6.31. The average Bonchev–Trinajstić information content (AvgIpc) is 2.61. The van der Waals surface area contributed by atoms with Gasteiger partial charge < -0.3 is 9.84 Å². The van der Waals surface area contributed by atoms with Crippen LogP contribution in [-0.2, 0) is 13.7 Å². The average molecular weight is 299 g/mol. The quantitative estimate of drug-likeness (QED) is 0.943. The summed E-state index contributed by atoms with van der Waals surface area (Å²) in [6.07, 6.45) is -0.849. The first-order valence-corrected chi connectivity index (χ1v) is 6.56. The molecule has 108 valence electrons. The van der Waals surface area contributed by atoms with Gasteiger partial charge in [0.2, 0.25) is 0 Å². The van der Waals surface area contributed by atoms with Crippen LogP contribution in [-0.4, -0.2) is 14.9 Å². The summed E-state index contributed by atoms with van der Waals surface area (Å²) in [5.41, 5.74) is 1.69. The van der Waals surface area contributed by atoms with E-state index in [1.54, 1.807) is 17.8 Å². The molecule has 0 saturated heterocycles. The van der Waals surface area contributed by atoms with Crippen LogP contribution in [0.1, 0.15) is 30.0 Å². The van der Waals surface area contributed by atoms with Crippen molar-refractivity contribution in [3.63, 3.8) is 0 Å². The Kier molecular flexibility index (Phi) is 4.30. The lowest BCUT2D eigenvalue weighted by Crippen LogP contribution is -2.04. The molecule has 0 radical (unpaired) electrons. The monoisotopic (exact) mass is 298 g/mol. The normalized spacial score (nSPS) is 12.5. The van der Waals surface area contributed by atoms with E-state index in [0.29, 0.717) is 10.8 Å². The maximum absolute atomic E-state index is 13.7. The van der Waals surface area contributed by atoms with E-state index in [-0.39, 0.29) is 12.2 Å². The van der Waals surface area contributed by atoms with Gasteiger partial charge in [-0.05, 0) is 26.0 Å². The second-order valence-electron chi connectivity index (χ2n) is 4.62. The van der Waals surface area contributed by atoms with Crippen molar-refractivity contribution in [1.82, 2.24) is 9.78 Å². The second kappa shape index (κ2) is 5.81. The fourth-order valence-corrected chi connectivity index (χ4v) is 2.14. The molecule has 2 aromatic rings. The summed E-state index contributed by atoms with van der Waals surface area (Å²) >= 11 is 6.11. The fourth-order valence-electron chi connectivity index (χ4n) is 1.93. The Morgan fingerprint density at radius 2 is 2.20 bits per heavy atom. The van der Waals surface area contributed by atoms with Crippen molar-refractivity contribution in [1.29, 1.82) is 0 Å². The molecule has 4 nitrogen and oxygen atoms in total. The van der Waals surface area contributed by atoms with Crippen LogP contribution in [0.15, 0.2) is 18.2 Å². The van der Waals surface area contributed by atoms with Gasteiger partial charge in [-0.3, -0.25) is 4.68 Å². The summed E-state index contributed by atoms with van der Waals surface area (Å²) in [5, 5.41) is 14.1. The molecule has 20 heavy (non-hydrogen) atoms. The van der Waals surface area contributed by atoms with Crippen molar-refractivity contribution in [2.75, 3.05) is 0 Å². The number of aromatic nitrogens is 2. The summed E-state index contributed by atoms with van der Waals surface area (Å²) in [5.74, 6) is -0.119. The Labute approximate surface area is 121 Å². The van der Waals surface area contributed by atoms with Gasteiger partial charge in [0.15, 0.2) is 0 Å². The van der Waals surface area contributed by atoms with Crippen molar-refractivity contribution >= 4 is 11.6 Å². The van der Waals surface area contributed by atoms with Gasteiger partial charge in [0, 0.05) is 18.7 Å². The number of nitrogens with zero attached hydrogens (tertiary/aromatic N) is 2. The van der Waals surface area contributed by atoms with Gasteiger partial charge in [-0.15, -0.1) is 0 Å².